The van der Waals surface area contributed by atoms with Gasteiger partial charge in [0.05, 0.1) is 11.8 Å². The molecule has 0 bridgehead atoms. The SMILES string of the molecule is Fc1ccc(OCc2nc(-c3cccc(C(F)(F)F)c3)no2)cn1. The van der Waals surface area contributed by atoms with Crippen LogP contribution in [0.1, 0.15) is 11.5 Å². The van der Waals surface area contributed by atoms with Gasteiger partial charge in [-0.3, -0.25) is 0 Å². The molecule has 1 aromatic carbocycles. The average molecular weight is 339 g/mol. The molecule has 0 saturated heterocycles. The van der Waals surface area contributed by atoms with Gasteiger partial charge >= 0.3 is 6.18 Å². The van der Waals surface area contributed by atoms with E-state index in [2.05, 4.69) is 15.1 Å². The maximum atomic E-state index is 12.7. The topological polar surface area (TPSA) is 61.0 Å². The minimum atomic E-state index is -4.46. The molecule has 0 atom stereocenters. The first-order chi connectivity index (χ1) is 11.4. The summed E-state index contributed by atoms with van der Waals surface area (Å²) in [5.41, 5.74) is -0.636. The summed E-state index contributed by atoms with van der Waals surface area (Å²) in [7, 11) is 0. The molecule has 9 heteroatoms. The summed E-state index contributed by atoms with van der Waals surface area (Å²) < 4.78 is 61.0. The summed E-state index contributed by atoms with van der Waals surface area (Å²) in [6.07, 6.45) is -3.28. The maximum absolute atomic E-state index is 12.7. The lowest BCUT2D eigenvalue weighted by Crippen LogP contribution is -2.04. The van der Waals surface area contributed by atoms with E-state index in [4.69, 9.17) is 9.26 Å². The van der Waals surface area contributed by atoms with E-state index in [1.165, 1.54) is 24.4 Å². The Morgan fingerprint density at radius 2 is 1.96 bits per heavy atom. The molecule has 0 aliphatic heterocycles. The highest BCUT2D eigenvalue weighted by Gasteiger charge is 2.30. The third kappa shape index (κ3) is 3.67. The van der Waals surface area contributed by atoms with Gasteiger partial charge in [-0.05, 0) is 24.3 Å². The minimum absolute atomic E-state index is 0.0110. The van der Waals surface area contributed by atoms with Gasteiger partial charge in [-0.1, -0.05) is 17.3 Å². The molecule has 24 heavy (non-hydrogen) atoms. The lowest BCUT2D eigenvalue weighted by Gasteiger charge is -2.06. The smallest absolute Gasteiger partial charge is 0.416 e. The Morgan fingerprint density at radius 1 is 1.12 bits per heavy atom. The normalized spacial score (nSPS) is 11.5. The number of halogens is 4. The van der Waals surface area contributed by atoms with Crippen molar-refractivity contribution >= 4 is 0 Å². The number of hydrogen-bond acceptors (Lipinski definition) is 5. The fourth-order valence-electron chi connectivity index (χ4n) is 1.86. The van der Waals surface area contributed by atoms with E-state index in [1.807, 2.05) is 0 Å². The quantitative estimate of drug-likeness (QED) is 0.533. The number of rotatable bonds is 4. The molecule has 5 nitrogen and oxygen atoms in total. The van der Waals surface area contributed by atoms with Gasteiger partial charge < -0.3 is 9.26 Å². The van der Waals surface area contributed by atoms with Crippen molar-refractivity contribution in [2.75, 3.05) is 0 Å². The van der Waals surface area contributed by atoms with E-state index >= 15 is 0 Å². The number of hydrogen-bond donors (Lipinski definition) is 0. The van der Waals surface area contributed by atoms with Crippen molar-refractivity contribution in [3.8, 4) is 17.1 Å². The van der Waals surface area contributed by atoms with Crippen LogP contribution in [0, 0.1) is 5.95 Å². The van der Waals surface area contributed by atoms with Crippen molar-refractivity contribution in [1.29, 1.82) is 0 Å². The Labute approximate surface area is 132 Å². The maximum Gasteiger partial charge on any atom is 0.416 e. The number of ether oxygens (including phenoxy) is 1. The van der Waals surface area contributed by atoms with Crippen molar-refractivity contribution in [3.05, 3.63) is 60.0 Å². The van der Waals surface area contributed by atoms with Crippen LogP contribution in [0.4, 0.5) is 17.6 Å². The number of aromatic nitrogens is 3. The summed E-state index contributed by atoms with van der Waals surface area (Å²) in [6.45, 7) is -0.126. The van der Waals surface area contributed by atoms with Crippen LogP contribution in [0.25, 0.3) is 11.4 Å². The van der Waals surface area contributed by atoms with E-state index < -0.39 is 17.7 Å². The molecule has 0 aliphatic carbocycles. The zero-order chi connectivity index (χ0) is 17.2. The lowest BCUT2D eigenvalue weighted by atomic mass is 10.1. The van der Waals surface area contributed by atoms with Gasteiger partial charge in [0.25, 0.3) is 5.89 Å². The summed E-state index contributed by atoms with van der Waals surface area (Å²) in [5, 5.41) is 3.63. The average Bonchev–Trinajstić information content (AvgIpc) is 3.03. The fourth-order valence-corrected chi connectivity index (χ4v) is 1.86. The van der Waals surface area contributed by atoms with Crippen molar-refractivity contribution in [2.24, 2.45) is 0 Å². The number of alkyl halides is 3. The van der Waals surface area contributed by atoms with Gasteiger partial charge in [0.1, 0.15) is 5.75 Å². The van der Waals surface area contributed by atoms with E-state index in [0.29, 0.717) is 0 Å². The highest BCUT2D eigenvalue weighted by Crippen LogP contribution is 2.31. The summed E-state index contributed by atoms with van der Waals surface area (Å²) in [4.78, 5) is 7.38. The van der Waals surface area contributed by atoms with E-state index in [0.717, 1.165) is 18.2 Å². The molecule has 2 aromatic heterocycles. The zero-order valence-electron chi connectivity index (χ0n) is 11.9. The van der Waals surface area contributed by atoms with Crippen LogP contribution in [0.15, 0.2) is 47.1 Å². The van der Waals surface area contributed by atoms with E-state index in [9.17, 15) is 17.6 Å². The third-order valence-electron chi connectivity index (χ3n) is 2.98. The minimum Gasteiger partial charge on any atom is -0.482 e. The first kappa shape index (κ1) is 15.9. The van der Waals surface area contributed by atoms with Crippen LogP contribution in [-0.2, 0) is 12.8 Å². The monoisotopic (exact) mass is 339 g/mol. The van der Waals surface area contributed by atoms with Gasteiger partial charge in [-0.2, -0.15) is 22.5 Å². The molecule has 124 valence electrons. The van der Waals surface area contributed by atoms with Crippen LogP contribution >= 0.6 is 0 Å². The second kappa shape index (κ2) is 6.26. The third-order valence-corrected chi connectivity index (χ3v) is 2.98. The van der Waals surface area contributed by atoms with Crippen LogP contribution in [-0.4, -0.2) is 15.1 Å². The standard InChI is InChI=1S/C15H9F4N3O2/c16-12-5-4-11(7-20-12)23-8-13-21-14(22-24-13)9-2-1-3-10(6-9)15(17,18)19/h1-7H,8H2. The molecule has 0 N–H and O–H groups in total. The van der Waals surface area contributed by atoms with Crippen molar-refractivity contribution in [3.63, 3.8) is 0 Å². The van der Waals surface area contributed by atoms with Crippen LogP contribution in [0.2, 0.25) is 0 Å². The molecular weight excluding hydrogens is 330 g/mol. The summed E-state index contributed by atoms with van der Waals surface area (Å²) >= 11 is 0. The highest BCUT2D eigenvalue weighted by atomic mass is 19.4. The number of benzene rings is 1. The molecule has 3 rings (SSSR count). The molecule has 0 unspecified atom stereocenters. The molecule has 0 aliphatic rings. The predicted molar refractivity (Wildman–Crippen MR) is 73.3 cm³/mol. The second-order valence-electron chi connectivity index (χ2n) is 4.70. The zero-order valence-corrected chi connectivity index (χ0v) is 11.9. The molecule has 0 saturated carbocycles. The molecule has 0 radical (unpaired) electrons. The Morgan fingerprint density at radius 3 is 2.67 bits per heavy atom. The molecular formula is C15H9F4N3O2. The molecule has 3 aromatic rings. The fraction of sp³-hybridized carbons (Fsp3) is 0.133. The van der Waals surface area contributed by atoms with Gasteiger partial charge in [0, 0.05) is 5.56 Å². The largest absolute Gasteiger partial charge is 0.482 e. The molecule has 0 amide bonds. The summed E-state index contributed by atoms with van der Waals surface area (Å²) in [5.74, 6) is -0.286. The van der Waals surface area contributed by atoms with E-state index in [1.54, 1.807) is 0 Å². The van der Waals surface area contributed by atoms with Crippen molar-refractivity contribution in [2.45, 2.75) is 12.8 Å². The van der Waals surface area contributed by atoms with Gasteiger partial charge in [-0.15, -0.1) is 0 Å². The van der Waals surface area contributed by atoms with E-state index in [-0.39, 0.29) is 29.6 Å². The number of nitrogens with zero attached hydrogens (tertiary/aromatic N) is 3. The Bertz CT molecular complexity index is 831. The first-order valence-electron chi connectivity index (χ1n) is 6.66. The van der Waals surface area contributed by atoms with Crippen molar-refractivity contribution in [1.82, 2.24) is 15.1 Å². The first-order valence-corrected chi connectivity index (χ1v) is 6.66. The number of pyridine rings is 1. The van der Waals surface area contributed by atoms with Gasteiger partial charge in [-0.25, -0.2) is 4.98 Å². The van der Waals surface area contributed by atoms with Gasteiger partial charge in [0.2, 0.25) is 11.8 Å². The molecule has 0 spiro atoms. The highest BCUT2D eigenvalue weighted by molar-refractivity contribution is 5.55. The molecule has 2 heterocycles. The lowest BCUT2D eigenvalue weighted by molar-refractivity contribution is -0.137. The van der Waals surface area contributed by atoms with Crippen LogP contribution in [0.3, 0.4) is 0 Å². The van der Waals surface area contributed by atoms with Crippen LogP contribution < -0.4 is 4.74 Å². The summed E-state index contributed by atoms with van der Waals surface area (Å²) in [6, 6.07) is 7.07. The van der Waals surface area contributed by atoms with Crippen LogP contribution in [0.5, 0.6) is 5.75 Å². The predicted octanol–water partition coefficient (Wildman–Crippen LogP) is 3.87. The Hall–Kier alpha value is -2.97. The Balaban J connectivity index is 1.72. The van der Waals surface area contributed by atoms with Crippen molar-refractivity contribution < 1.29 is 26.8 Å². The molecule has 0 fully saturated rings. The Kier molecular flexibility index (Phi) is 4.15. The van der Waals surface area contributed by atoms with Gasteiger partial charge in [0.15, 0.2) is 6.61 Å². The second-order valence-corrected chi connectivity index (χ2v) is 4.70.